The number of rotatable bonds is 6. The molecular formula is C23H28N4O3S. The van der Waals surface area contributed by atoms with Crippen molar-refractivity contribution in [3.05, 3.63) is 51.8 Å². The molecule has 8 heteroatoms. The second-order valence-electron chi connectivity index (χ2n) is 7.94. The molecule has 0 aliphatic carbocycles. The van der Waals surface area contributed by atoms with Gasteiger partial charge in [-0.3, -0.25) is 14.5 Å². The maximum absolute atomic E-state index is 12.8. The maximum Gasteiger partial charge on any atom is 0.256 e. The molecule has 0 unspecified atom stereocenters. The number of thioether (sulfide) groups is 1. The van der Waals surface area contributed by atoms with Gasteiger partial charge in [0, 0.05) is 41.6 Å². The molecule has 1 fully saturated rings. The largest absolute Gasteiger partial charge is 0.379 e. The Labute approximate surface area is 186 Å². The summed E-state index contributed by atoms with van der Waals surface area (Å²) in [6, 6.07) is 5.90. The normalized spacial score (nSPS) is 17.6. The Kier molecular flexibility index (Phi) is 6.50. The molecule has 164 valence electrons. The number of fused-ring (bicyclic) bond motifs is 1. The highest BCUT2D eigenvalue weighted by Gasteiger charge is 2.25. The van der Waals surface area contributed by atoms with Gasteiger partial charge in [0.25, 0.3) is 11.8 Å². The molecule has 1 aromatic carbocycles. The van der Waals surface area contributed by atoms with Gasteiger partial charge in [-0.05, 0) is 44.5 Å². The van der Waals surface area contributed by atoms with E-state index < -0.39 is 0 Å². The molecule has 2 aliphatic heterocycles. The Bertz CT molecular complexity index is 1040. The van der Waals surface area contributed by atoms with E-state index in [9.17, 15) is 9.59 Å². The molecule has 2 aromatic rings. The van der Waals surface area contributed by atoms with E-state index in [-0.39, 0.29) is 11.8 Å². The number of hydrogen-bond donors (Lipinski definition) is 3. The molecule has 3 heterocycles. The minimum absolute atomic E-state index is 0.0995. The van der Waals surface area contributed by atoms with E-state index in [1.165, 1.54) is 0 Å². The lowest BCUT2D eigenvalue weighted by molar-refractivity contribution is -0.110. The monoisotopic (exact) mass is 440 g/mol. The van der Waals surface area contributed by atoms with Crippen molar-refractivity contribution in [2.75, 3.05) is 43.4 Å². The number of nitrogens with one attached hydrogen (secondary N) is 3. The number of hydrogen-bond acceptors (Lipinski definition) is 5. The second-order valence-corrected chi connectivity index (χ2v) is 8.89. The Morgan fingerprint density at radius 1 is 1.26 bits per heavy atom. The summed E-state index contributed by atoms with van der Waals surface area (Å²) in [6.45, 7) is 9.22. The summed E-state index contributed by atoms with van der Waals surface area (Å²) in [6.07, 6.45) is 1.84. The van der Waals surface area contributed by atoms with E-state index in [0.29, 0.717) is 17.0 Å². The van der Waals surface area contributed by atoms with Crippen molar-refractivity contribution in [3.8, 4) is 0 Å². The number of amides is 2. The number of morpholine rings is 1. The molecule has 31 heavy (non-hydrogen) atoms. The first kappa shape index (κ1) is 21.7. The van der Waals surface area contributed by atoms with E-state index in [1.54, 1.807) is 11.8 Å². The number of aromatic nitrogens is 1. The number of carbonyl (C=O) groups is 2. The minimum Gasteiger partial charge on any atom is -0.379 e. The summed E-state index contributed by atoms with van der Waals surface area (Å²) >= 11 is 1.68. The van der Waals surface area contributed by atoms with Gasteiger partial charge in [0.05, 0.1) is 30.2 Å². The highest BCUT2D eigenvalue weighted by molar-refractivity contribution is 7.99. The minimum atomic E-state index is -0.127. The maximum atomic E-state index is 12.8. The fourth-order valence-electron chi connectivity index (χ4n) is 3.96. The number of nitrogens with zero attached hydrogens (tertiary/aromatic N) is 1. The van der Waals surface area contributed by atoms with Crippen LogP contribution in [0.5, 0.6) is 0 Å². The summed E-state index contributed by atoms with van der Waals surface area (Å²) < 4.78 is 5.36. The average Bonchev–Trinajstić information content (AvgIpc) is 3.21. The zero-order valence-corrected chi connectivity index (χ0v) is 18.9. The van der Waals surface area contributed by atoms with Crippen LogP contribution in [0.3, 0.4) is 0 Å². The number of anilines is 1. The van der Waals surface area contributed by atoms with Crippen LogP contribution in [0.15, 0.2) is 18.2 Å². The van der Waals surface area contributed by atoms with Gasteiger partial charge in [0.15, 0.2) is 0 Å². The Morgan fingerprint density at radius 2 is 2.03 bits per heavy atom. The topological polar surface area (TPSA) is 86.5 Å². The van der Waals surface area contributed by atoms with Crippen molar-refractivity contribution >= 4 is 40.9 Å². The average molecular weight is 441 g/mol. The number of aromatic amines is 1. The molecule has 2 aliphatic rings. The van der Waals surface area contributed by atoms with Crippen molar-refractivity contribution in [1.82, 2.24) is 15.2 Å². The van der Waals surface area contributed by atoms with Gasteiger partial charge in [-0.2, -0.15) is 0 Å². The summed E-state index contributed by atoms with van der Waals surface area (Å²) in [5.74, 6) is 1.20. The first-order valence-electron chi connectivity index (χ1n) is 10.4. The van der Waals surface area contributed by atoms with Crippen molar-refractivity contribution in [1.29, 1.82) is 0 Å². The third-order valence-corrected chi connectivity index (χ3v) is 6.56. The summed E-state index contributed by atoms with van der Waals surface area (Å²) in [5.41, 5.74) is 6.47. The van der Waals surface area contributed by atoms with Crippen molar-refractivity contribution in [2.45, 2.75) is 20.8 Å². The highest BCUT2D eigenvalue weighted by Crippen LogP contribution is 2.34. The SMILES string of the molecule is Cc1ccc2c(c1)/C(=C/c1[nH]c(C)c(C(=O)NCSCN3CCOCC3)c1C)C(=O)N2. The lowest BCUT2D eigenvalue weighted by Crippen LogP contribution is -2.36. The molecule has 1 saturated heterocycles. The molecule has 0 radical (unpaired) electrons. The van der Waals surface area contributed by atoms with Crippen LogP contribution in [-0.4, -0.2) is 59.8 Å². The predicted molar refractivity (Wildman–Crippen MR) is 125 cm³/mol. The van der Waals surface area contributed by atoms with Gasteiger partial charge in [0.2, 0.25) is 0 Å². The number of aryl methyl sites for hydroxylation is 2. The van der Waals surface area contributed by atoms with Gasteiger partial charge in [0.1, 0.15) is 0 Å². The van der Waals surface area contributed by atoms with E-state index in [2.05, 4.69) is 20.5 Å². The zero-order valence-electron chi connectivity index (χ0n) is 18.1. The zero-order chi connectivity index (χ0) is 22.0. The van der Waals surface area contributed by atoms with Crippen LogP contribution in [0.4, 0.5) is 5.69 Å². The fraction of sp³-hybridized carbons (Fsp3) is 0.391. The van der Waals surface area contributed by atoms with Crippen LogP contribution < -0.4 is 10.6 Å². The van der Waals surface area contributed by atoms with Gasteiger partial charge in [-0.25, -0.2) is 0 Å². The van der Waals surface area contributed by atoms with Crippen LogP contribution >= 0.6 is 11.8 Å². The predicted octanol–water partition coefficient (Wildman–Crippen LogP) is 3.14. The first-order valence-corrected chi connectivity index (χ1v) is 11.6. The smallest absolute Gasteiger partial charge is 0.256 e. The van der Waals surface area contributed by atoms with Gasteiger partial charge in [-0.1, -0.05) is 11.6 Å². The molecule has 4 rings (SSSR count). The van der Waals surface area contributed by atoms with Crippen LogP contribution in [0, 0.1) is 20.8 Å². The van der Waals surface area contributed by atoms with E-state index in [1.807, 2.05) is 45.0 Å². The van der Waals surface area contributed by atoms with Crippen molar-refractivity contribution < 1.29 is 14.3 Å². The number of H-pyrrole nitrogens is 1. The lowest BCUT2D eigenvalue weighted by Gasteiger charge is -2.26. The Morgan fingerprint density at radius 3 is 2.81 bits per heavy atom. The highest BCUT2D eigenvalue weighted by atomic mass is 32.2. The lowest BCUT2D eigenvalue weighted by atomic mass is 10.0. The Balaban J connectivity index is 1.45. The number of carbonyl (C=O) groups excluding carboxylic acids is 2. The van der Waals surface area contributed by atoms with Crippen molar-refractivity contribution in [2.24, 2.45) is 0 Å². The molecule has 0 saturated carbocycles. The first-order chi connectivity index (χ1) is 14.9. The molecule has 7 nitrogen and oxygen atoms in total. The summed E-state index contributed by atoms with van der Waals surface area (Å²) in [7, 11) is 0. The van der Waals surface area contributed by atoms with E-state index in [4.69, 9.17) is 4.74 Å². The third kappa shape index (κ3) is 4.71. The standard InChI is InChI=1S/C23H28N4O3S/c1-14-4-5-19-17(10-14)18(22(28)26-19)11-20-15(2)21(16(3)25-20)23(29)24-12-31-13-27-6-8-30-9-7-27/h4-5,10-11,25H,6-9,12-13H2,1-3H3,(H,24,29)(H,26,28)/b18-11-. The van der Waals surface area contributed by atoms with Crippen LogP contribution in [0.25, 0.3) is 11.6 Å². The number of benzene rings is 1. The molecule has 1 aromatic heterocycles. The van der Waals surface area contributed by atoms with E-state index >= 15 is 0 Å². The summed E-state index contributed by atoms with van der Waals surface area (Å²) in [5, 5.41) is 5.91. The second kappa shape index (κ2) is 9.30. The van der Waals surface area contributed by atoms with Gasteiger partial charge < -0.3 is 20.4 Å². The Hall–Kier alpha value is -2.55. The van der Waals surface area contributed by atoms with Gasteiger partial charge in [-0.15, -0.1) is 11.8 Å². The molecule has 2 amide bonds. The summed E-state index contributed by atoms with van der Waals surface area (Å²) in [4.78, 5) is 30.9. The third-order valence-electron chi connectivity index (χ3n) is 5.66. The van der Waals surface area contributed by atoms with Crippen molar-refractivity contribution in [3.63, 3.8) is 0 Å². The number of ether oxygens (including phenoxy) is 1. The van der Waals surface area contributed by atoms with Crippen LogP contribution in [0.1, 0.15) is 38.4 Å². The van der Waals surface area contributed by atoms with Crippen LogP contribution in [-0.2, 0) is 9.53 Å². The molecule has 0 atom stereocenters. The quantitative estimate of drug-likeness (QED) is 0.365. The molecule has 0 bridgehead atoms. The molecule has 3 N–H and O–H groups in total. The van der Waals surface area contributed by atoms with Gasteiger partial charge >= 0.3 is 0 Å². The van der Waals surface area contributed by atoms with Crippen LogP contribution in [0.2, 0.25) is 0 Å². The molecular weight excluding hydrogens is 412 g/mol. The molecule has 0 spiro atoms. The fourth-order valence-corrected chi connectivity index (χ4v) is 4.80. The van der Waals surface area contributed by atoms with E-state index in [0.717, 1.165) is 65.9 Å².